The highest BCUT2D eigenvalue weighted by atomic mass is 19.1. The second-order valence-corrected chi connectivity index (χ2v) is 7.26. The molecule has 3 aliphatic rings. The number of anilines is 1. The van der Waals surface area contributed by atoms with Crippen molar-refractivity contribution in [1.82, 2.24) is 15.4 Å². The summed E-state index contributed by atoms with van der Waals surface area (Å²) >= 11 is 0. The number of carbonyl (C=O) groups excluding carboxylic acids is 1. The van der Waals surface area contributed by atoms with E-state index in [1.165, 1.54) is 11.2 Å². The Morgan fingerprint density at radius 2 is 2.30 bits per heavy atom. The summed E-state index contributed by atoms with van der Waals surface area (Å²) < 4.78 is 25.1. The SMILES string of the molecule is NCCN=C1CCC(C2=CC=C(N3CC(CNc4ccon4)OC3=O)CC2F)=CN1. The van der Waals surface area contributed by atoms with Gasteiger partial charge in [0, 0.05) is 37.3 Å². The molecule has 1 saturated heterocycles. The number of nitrogens with one attached hydrogen (secondary N) is 2. The van der Waals surface area contributed by atoms with E-state index in [2.05, 4.69) is 20.8 Å². The number of aromatic nitrogens is 1. The minimum Gasteiger partial charge on any atom is -0.442 e. The van der Waals surface area contributed by atoms with Crippen molar-refractivity contribution >= 4 is 17.7 Å². The summed E-state index contributed by atoms with van der Waals surface area (Å²) in [4.78, 5) is 18.1. The van der Waals surface area contributed by atoms with E-state index in [0.717, 1.165) is 17.8 Å². The van der Waals surface area contributed by atoms with Gasteiger partial charge in [0.15, 0.2) is 5.82 Å². The lowest BCUT2D eigenvalue weighted by Gasteiger charge is -2.26. The van der Waals surface area contributed by atoms with Crippen molar-refractivity contribution in [3.63, 3.8) is 0 Å². The lowest BCUT2D eigenvalue weighted by molar-refractivity contribution is 0.138. The molecule has 2 aliphatic heterocycles. The minimum atomic E-state index is -1.18. The minimum absolute atomic E-state index is 0.135. The molecule has 4 N–H and O–H groups in total. The van der Waals surface area contributed by atoms with Gasteiger partial charge in [0.05, 0.1) is 19.6 Å². The maximum Gasteiger partial charge on any atom is 0.414 e. The zero-order valence-electron chi connectivity index (χ0n) is 16.5. The summed E-state index contributed by atoms with van der Waals surface area (Å²) in [6, 6.07) is 1.68. The van der Waals surface area contributed by atoms with Crippen LogP contribution in [0.2, 0.25) is 0 Å². The van der Waals surface area contributed by atoms with Gasteiger partial charge >= 0.3 is 6.09 Å². The lowest BCUT2D eigenvalue weighted by atomic mass is 9.90. The summed E-state index contributed by atoms with van der Waals surface area (Å²) in [7, 11) is 0. The molecule has 9 nitrogen and oxygen atoms in total. The first kappa shape index (κ1) is 20.1. The van der Waals surface area contributed by atoms with Crippen molar-refractivity contribution in [3.05, 3.63) is 47.5 Å². The maximum atomic E-state index is 15.0. The molecule has 2 atom stereocenters. The predicted octanol–water partition coefficient (Wildman–Crippen LogP) is 2.08. The number of amides is 1. The molecule has 1 aliphatic carbocycles. The number of aliphatic imine (C=N–C) groups is 1. The van der Waals surface area contributed by atoms with Crippen LogP contribution in [0.4, 0.5) is 15.0 Å². The summed E-state index contributed by atoms with van der Waals surface area (Å²) in [6.07, 6.45) is 6.41. The van der Waals surface area contributed by atoms with Gasteiger partial charge in [0.2, 0.25) is 0 Å². The quantitative estimate of drug-likeness (QED) is 0.623. The van der Waals surface area contributed by atoms with Gasteiger partial charge < -0.3 is 25.6 Å². The van der Waals surface area contributed by atoms with Gasteiger partial charge in [-0.05, 0) is 23.6 Å². The van der Waals surface area contributed by atoms with E-state index in [1.54, 1.807) is 18.2 Å². The number of allylic oxidation sites excluding steroid dienone is 5. The summed E-state index contributed by atoms with van der Waals surface area (Å²) in [6.45, 7) is 1.83. The lowest BCUT2D eigenvalue weighted by Crippen LogP contribution is -2.30. The molecule has 0 saturated carbocycles. The topological polar surface area (TPSA) is 118 Å². The molecule has 10 heteroatoms. The average Bonchev–Trinajstić information content (AvgIpc) is 3.40. The van der Waals surface area contributed by atoms with Crippen LogP contribution in [0.3, 0.4) is 0 Å². The molecule has 0 radical (unpaired) electrons. The van der Waals surface area contributed by atoms with E-state index < -0.39 is 12.3 Å². The third kappa shape index (κ3) is 4.54. The summed E-state index contributed by atoms with van der Waals surface area (Å²) in [5.74, 6) is 1.45. The fraction of sp³-hybridized carbons (Fsp3) is 0.450. The van der Waals surface area contributed by atoms with E-state index >= 15 is 0 Å². The molecule has 30 heavy (non-hydrogen) atoms. The first-order chi connectivity index (χ1) is 14.6. The first-order valence-corrected chi connectivity index (χ1v) is 10.0. The van der Waals surface area contributed by atoms with Crippen LogP contribution in [-0.4, -0.2) is 60.4 Å². The fourth-order valence-corrected chi connectivity index (χ4v) is 3.66. The number of carbonyl (C=O) groups is 1. The Morgan fingerprint density at radius 3 is 3.00 bits per heavy atom. The molecule has 3 heterocycles. The predicted molar refractivity (Wildman–Crippen MR) is 109 cm³/mol. The van der Waals surface area contributed by atoms with E-state index in [1.807, 2.05) is 6.20 Å². The first-order valence-electron chi connectivity index (χ1n) is 10.0. The van der Waals surface area contributed by atoms with Gasteiger partial charge in [-0.2, -0.15) is 0 Å². The average molecular weight is 416 g/mol. The number of halogens is 1. The summed E-state index contributed by atoms with van der Waals surface area (Å²) in [5.41, 5.74) is 7.65. The van der Waals surface area contributed by atoms with Gasteiger partial charge in [-0.15, -0.1) is 0 Å². The molecular weight excluding hydrogens is 391 g/mol. The van der Waals surface area contributed by atoms with Crippen LogP contribution >= 0.6 is 0 Å². The number of hydrogen-bond acceptors (Lipinski definition) is 7. The maximum absolute atomic E-state index is 15.0. The Balaban J connectivity index is 1.38. The van der Waals surface area contributed by atoms with E-state index in [9.17, 15) is 9.18 Å². The Bertz CT molecular complexity index is 892. The molecule has 1 amide bonds. The highest BCUT2D eigenvalue weighted by Gasteiger charge is 2.36. The van der Waals surface area contributed by atoms with Gasteiger partial charge in [-0.25, -0.2) is 9.18 Å². The van der Waals surface area contributed by atoms with Gasteiger partial charge in [0.1, 0.15) is 24.4 Å². The van der Waals surface area contributed by atoms with Crippen molar-refractivity contribution in [2.45, 2.75) is 31.5 Å². The van der Waals surface area contributed by atoms with Crippen LogP contribution in [0, 0.1) is 0 Å². The Hall–Kier alpha value is -3.14. The van der Waals surface area contributed by atoms with E-state index in [4.69, 9.17) is 15.0 Å². The van der Waals surface area contributed by atoms with Crippen LogP contribution in [0.15, 0.2) is 57.0 Å². The number of amidine groups is 1. The molecule has 0 aromatic carbocycles. The van der Waals surface area contributed by atoms with E-state index in [0.29, 0.717) is 49.7 Å². The molecule has 0 bridgehead atoms. The highest BCUT2D eigenvalue weighted by Crippen LogP contribution is 2.33. The number of nitrogens with zero attached hydrogens (tertiary/aromatic N) is 3. The third-order valence-corrected chi connectivity index (χ3v) is 5.20. The largest absolute Gasteiger partial charge is 0.442 e. The smallest absolute Gasteiger partial charge is 0.414 e. The van der Waals surface area contributed by atoms with Crippen LogP contribution in [-0.2, 0) is 4.74 Å². The standard InChI is InChI=1S/C20H25FN6O3/c21-17-9-14(2-3-16(17)13-1-4-18(24-10-13)23-7-6-22)27-12-15(30-20(27)28)11-25-19-5-8-29-26-19/h2-3,5,8,10,15,17H,1,4,6-7,9,11-12,22H2,(H,23,24)(H,25,26). The number of alkyl halides is 1. The second-order valence-electron chi connectivity index (χ2n) is 7.26. The molecule has 0 spiro atoms. The number of hydrogen-bond donors (Lipinski definition) is 3. The fourth-order valence-electron chi connectivity index (χ4n) is 3.66. The zero-order valence-corrected chi connectivity index (χ0v) is 16.5. The number of cyclic esters (lactones) is 1. The number of ether oxygens (including phenoxy) is 1. The molecule has 1 aromatic heterocycles. The Morgan fingerprint density at radius 1 is 1.40 bits per heavy atom. The monoisotopic (exact) mass is 416 g/mol. The Labute approximate surface area is 173 Å². The Kier molecular flexibility index (Phi) is 6.12. The van der Waals surface area contributed by atoms with Crippen LogP contribution in [0.25, 0.3) is 0 Å². The van der Waals surface area contributed by atoms with Crippen molar-refractivity contribution < 1.29 is 18.4 Å². The molecule has 160 valence electrons. The van der Waals surface area contributed by atoms with Gasteiger partial charge in [-0.3, -0.25) is 9.89 Å². The third-order valence-electron chi connectivity index (χ3n) is 5.20. The number of rotatable bonds is 7. The highest BCUT2D eigenvalue weighted by molar-refractivity contribution is 5.84. The van der Waals surface area contributed by atoms with Crippen molar-refractivity contribution in [2.75, 3.05) is 31.5 Å². The van der Waals surface area contributed by atoms with Gasteiger partial charge in [0.25, 0.3) is 0 Å². The van der Waals surface area contributed by atoms with Crippen LogP contribution in [0.5, 0.6) is 0 Å². The normalized spacial score (nSPS) is 25.4. The van der Waals surface area contributed by atoms with Crippen molar-refractivity contribution in [2.24, 2.45) is 10.7 Å². The van der Waals surface area contributed by atoms with Crippen molar-refractivity contribution in [1.29, 1.82) is 0 Å². The van der Waals surface area contributed by atoms with Crippen molar-refractivity contribution in [3.8, 4) is 0 Å². The van der Waals surface area contributed by atoms with Crippen LogP contribution in [0.1, 0.15) is 19.3 Å². The number of nitrogens with two attached hydrogens (primary N) is 1. The molecule has 2 unspecified atom stereocenters. The van der Waals surface area contributed by atoms with E-state index in [-0.39, 0.29) is 12.5 Å². The molecule has 4 rings (SSSR count). The van der Waals surface area contributed by atoms with Crippen LogP contribution < -0.4 is 16.4 Å². The molecular formula is C20H25FN6O3. The second kappa shape index (κ2) is 9.12. The summed E-state index contributed by atoms with van der Waals surface area (Å²) in [5, 5.41) is 9.92. The van der Waals surface area contributed by atoms with Gasteiger partial charge in [-0.1, -0.05) is 11.2 Å². The molecule has 1 aromatic rings. The zero-order chi connectivity index (χ0) is 20.9. The molecule has 1 fully saturated rings.